The van der Waals surface area contributed by atoms with E-state index in [4.69, 9.17) is 37.4 Å². The molecule has 0 saturated carbocycles. The third-order valence-electron chi connectivity index (χ3n) is 6.15. The number of halogens is 2. The number of fused-ring (bicyclic) bond motifs is 1. The Kier molecular flexibility index (Phi) is 6.88. The second kappa shape index (κ2) is 10.2. The van der Waals surface area contributed by atoms with Crippen molar-refractivity contribution >= 4 is 34.7 Å². The zero-order valence-corrected chi connectivity index (χ0v) is 20.3. The number of nitro groups is 1. The summed E-state index contributed by atoms with van der Waals surface area (Å²) in [4.78, 5) is 16.6. The lowest BCUT2D eigenvalue weighted by molar-refractivity contribution is -0.389. The van der Waals surface area contributed by atoms with Crippen LogP contribution in [-0.4, -0.2) is 46.4 Å². The van der Waals surface area contributed by atoms with Crippen molar-refractivity contribution in [2.75, 3.05) is 24.6 Å². The van der Waals surface area contributed by atoms with Crippen molar-refractivity contribution in [3.05, 3.63) is 68.8 Å². The summed E-state index contributed by atoms with van der Waals surface area (Å²) in [6.45, 7) is 2.73. The van der Waals surface area contributed by atoms with Crippen LogP contribution in [0.1, 0.15) is 19.3 Å². The van der Waals surface area contributed by atoms with E-state index in [0.717, 1.165) is 43.1 Å². The van der Waals surface area contributed by atoms with Gasteiger partial charge in [-0.3, -0.25) is 4.57 Å². The van der Waals surface area contributed by atoms with E-state index in [-0.39, 0.29) is 24.0 Å². The summed E-state index contributed by atoms with van der Waals surface area (Å²) in [6, 6.07) is 13.6. The van der Waals surface area contributed by atoms with Crippen LogP contribution in [0.15, 0.2) is 48.7 Å². The Morgan fingerprint density at radius 3 is 2.49 bits per heavy atom. The molecule has 1 fully saturated rings. The number of rotatable bonds is 7. The molecule has 11 heteroatoms. The van der Waals surface area contributed by atoms with Crippen molar-refractivity contribution in [2.45, 2.75) is 38.0 Å². The highest BCUT2D eigenvalue weighted by molar-refractivity contribution is 6.42. The SMILES string of the molecule is O=[N+]([O-])c1cn2c(n1)O[C@@H](COc1ccc(N3CCC(Oc4ccc(Cl)c(Cl)c4)CC3)cc1)CC2. The average molecular weight is 519 g/mol. The lowest BCUT2D eigenvalue weighted by Gasteiger charge is -2.33. The Bertz CT molecular complexity index is 1200. The predicted molar refractivity (Wildman–Crippen MR) is 132 cm³/mol. The van der Waals surface area contributed by atoms with E-state index in [2.05, 4.69) is 9.88 Å². The molecule has 0 spiro atoms. The van der Waals surface area contributed by atoms with Gasteiger partial charge in [0.15, 0.2) is 0 Å². The quantitative estimate of drug-likeness (QED) is 0.306. The van der Waals surface area contributed by atoms with Crippen LogP contribution in [0.4, 0.5) is 11.5 Å². The summed E-state index contributed by atoms with van der Waals surface area (Å²) >= 11 is 12.1. The van der Waals surface area contributed by atoms with Crippen molar-refractivity contribution in [3.63, 3.8) is 0 Å². The highest BCUT2D eigenvalue weighted by atomic mass is 35.5. The Morgan fingerprint density at radius 2 is 1.77 bits per heavy atom. The molecule has 3 aromatic rings. The van der Waals surface area contributed by atoms with Gasteiger partial charge in [0.25, 0.3) is 0 Å². The summed E-state index contributed by atoms with van der Waals surface area (Å²) in [6.07, 6.45) is 3.83. The van der Waals surface area contributed by atoms with Crippen LogP contribution < -0.4 is 19.1 Å². The molecule has 2 aliphatic rings. The maximum atomic E-state index is 10.9. The Hall–Kier alpha value is -3.17. The molecular formula is C24H24Cl2N4O5. The van der Waals surface area contributed by atoms with Crippen LogP contribution in [0, 0.1) is 10.1 Å². The molecule has 0 N–H and O–H groups in total. The molecule has 0 unspecified atom stereocenters. The lowest BCUT2D eigenvalue weighted by Crippen LogP contribution is -2.38. The molecule has 1 atom stereocenters. The smallest absolute Gasteiger partial charge is 0.414 e. The molecule has 1 saturated heterocycles. The number of hydrogen-bond donors (Lipinski definition) is 0. The lowest BCUT2D eigenvalue weighted by atomic mass is 10.1. The first-order valence-corrected chi connectivity index (χ1v) is 12.2. The predicted octanol–water partition coefficient (Wildman–Crippen LogP) is 5.38. The Balaban J connectivity index is 1.09. The molecule has 2 aromatic carbocycles. The maximum absolute atomic E-state index is 10.9. The van der Waals surface area contributed by atoms with Crippen molar-refractivity contribution < 1.29 is 19.1 Å². The number of benzene rings is 2. The molecule has 35 heavy (non-hydrogen) atoms. The summed E-state index contributed by atoms with van der Waals surface area (Å²) in [5.74, 6) is 1.28. The molecule has 184 valence electrons. The van der Waals surface area contributed by atoms with Gasteiger partial charge in [-0.1, -0.05) is 23.2 Å². The van der Waals surface area contributed by atoms with Gasteiger partial charge in [-0.2, -0.15) is 0 Å². The van der Waals surface area contributed by atoms with E-state index < -0.39 is 4.92 Å². The number of anilines is 1. The standard InChI is InChI=1S/C24H24Cl2N4O5/c25-21-6-5-19(13-22(21)26)34-18-7-10-28(11-8-18)16-1-3-17(4-2-16)33-15-20-9-12-29-14-23(30(31)32)27-24(29)35-20/h1-6,13-14,18,20H,7-12,15H2/t20-/m1/s1. The van der Waals surface area contributed by atoms with E-state index in [9.17, 15) is 10.1 Å². The van der Waals surface area contributed by atoms with Crippen LogP contribution in [-0.2, 0) is 6.54 Å². The second-order valence-corrected chi connectivity index (χ2v) is 9.36. The molecular weight excluding hydrogens is 495 g/mol. The number of aromatic nitrogens is 2. The number of nitrogens with zero attached hydrogens (tertiary/aromatic N) is 4. The van der Waals surface area contributed by atoms with Gasteiger partial charge in [-0.05, 0) is 41.3 Å². The van der Waals surface area contributed by atoms with E-state index >= 15 is 0 Å². The third-order valence-corrected chi connectivity index (χ3v) is 6.89. The van der Waals surface area contributed by atoms with Gasteiger partial charge < -0.3 is 29.2 Å². The van der Waals surface area contributed by atoms with E-state index in [0.29, 0.717) is 29.6 Å². The molecule has 0 radical (unpaired) electrons. The molecule has 0 aliphatic carbocycles. The van der Waals surface area contributed by atoms with Gasteiger partial charge in [0, 0.05) is 55.6 Å². The first-order chi connectivity index (χ1) is 16.9. The first-order valence-electron chi connectivity index (χ1n) is 11.4. The van der Waals surface area contributed by atoms with Gasteiger partial charge in [0.2, 0.25) is 0 Å². The van der Waals surface area contributed by atoms with Crippen molar-refractivity contribution in [3.8, 4) is 17.5 Å². The van der Waals surface area contributed by atoms with Crippen LogP contribution >= 0.6 is 23.2 Å². The summed E-state index contributed by atoms with van der Waals surface area (Å²) in [5.41, 5.74) is 1.13. The largest absolute Gasteiger partial charge is 0.490 e. The van der Waals surface area contributed by atoms with Gasteiger partial charge in [0.1, 0.15) is 36.5 Å². The topological polar surface area (TPSA) is 91.9 Å². The molecule has 1 aromatic heterocycles. The molecule has 0 bridgehead atoms. The number of imidazole rings is 1. The third kappa shape index (κ3) is 5.57. The summed E-state index contributed by atoms with van der Waals surface area (Å²) < 4.78 is 19.4. The first kappa shape index (κ1) is 23.6. The van der Waals surface area contributed by atoms with E-state index in [1.165, 1.54) is 6.20 Å². The zero-order chi connectivity index (χ0) is 24.4. The normalized spacial score (nSPS) is 18.0. The van der Waals surface area contributed by atoms with Gasteiger partial charge in [-0.15, -0.1) is 0 Å². The average Bonchev–Trinajstić information content (AvgIpc) is 3.30. The minimum absolute atomic E-state index is 0.138. The number of hydrogen-bond acceptors (Lipinski definition) is 7. The van der Waals surface area contributed by atoms with E-state index in [1.807, 2.05) is 30.3 Å². The van der Waals surface area contributed by atoms with Crippen LogP contribution in [0.2, 0.25) is 10.0 Å². The van der Waals surface area contributed by atoms with E-state index in [1.54, 1.807) is 16.7 Å². The van der Waals surface area contributed by atoms with Gasteiger partial charge in [0.05, 0.1) is 10.0 Å². The van der Waals surface area contributed by atoms with Crippen LogP contribution in [0.5, 0.6) is 17.5 Å². The fourth-order valence-corrected chi connectivity index (χ4v) is 4.54. The Morgan fingerprint density at radius 1 is 1.03 bits per heavy atom. The summed E-state index contributed by atoms with van der Waals surface area (Å²) in [5, 5.41) is 11.9. The van der Waals surface area contributed by atoms with Crippen LogP contribution in [0.25, 0.3) is 0 Å². The highest BCUT2D eigenvalue weighted by Gasteiger charge is 2.28. The fourth-order valence-electron chi connectivity index (χ4n) is 4.25. The Labute approximate surface area is 212 Å². The zero-order valence-electron chi connectivity index (χ0n) is 18.8. The molecule has 0 amide bonds. The maximum Gasteiger partial charge on any atom is 0.414 e. The van der Waals surface area contributed by atoms with Crippen molar-refractivity contribution in [1.82, 2.24) is 9.55 Å². The van der Waals surface area contributed by atoms with Gasteiger partial charge in [-0.25, -0.2) is 0 Å². The molecule has 3 heterocycles. The van der Waals surface area contributed by atoms with Crippen molar-refractivity contribution in [1.29, 1.82) is 0 Å². The highest BCUT2D eigenvalue weighted by Crippen LogP contribution is 2.30. The number of aryl methyl sites for hydroxylation is 1. The number of piperidine rings is 1. The summed E-state index contributed by atoms with van der Waals surface area (Å²) in [7, 11) is 0. The minimum atomic E-state index is -0.521. The van der Waals surface area contributed by atoms with Crippen molar-refractivity contribution in [2.24, 2.45) is 0 Å². The molecule has 5 rings (SSSR count). The molecule has 9 nitrogen and oxygen atoms in total. The monoisotopic (exact) mass is 518 g/mol. The second-order valence-electron chi connectivity index (χ2n) is 8.55. The van der Waals surface area contributed by atoms with Gasteiger partial charge >= 0.3 is 11.8 Å². The number of ether oxygens (including phenoxy) is 3. The fraction of sp³-hybridized carbons (Fsp3) is 0.375. The molecule has 2 aliphatic heterocycles. The van der Waals surface area contributed by atoms with Crippen LogP contribution in [0.3, 0.4) is 0 Å². The minimum Gasteiger partial charge on any atom is -0.490 e.